The number of nitrogens with one attached hydrogen (secondary N) is 2. The molecule has 118 valence electrons. The minimum atomic E-state index is -3.88. The van der Waals surface area contributed by atoms with Gasteiger partial charge in [0.15, 0.2) is 6.61 Å². The summed E-state index contributed by atoms with van der Waals surface area (Å²) in [7, 11) is -3.88. The summed E-state index contributed by atoms with van der Waals surface area (Å²) < 4.78 is 41.6. The Kier molecular flexibility index (Phi) is 5.35. The largest absolute Gasteiger partial charge is 0.484 e. The Morgan fingerprint density at radius 3 is 2.50 bits per heavy atom. The first kappa shape index (κ1) is 16.7. The van der Waals surface area contributed by atoms with E-state index in [0.29, 0.717) is 4.34 Å². The third kappa shape index (κ3) is 4.67. The molecule has 6 nitrogen and oxygen atoms in total. The molecule has 0 bridgehead atoms. The number of ether oxygens (including phenoxy) is 1. The van der Waals surface area contributed by atoms with E-state index in [1.54, 1.807) is 0 Å². The van der Waals surface area contributed by atoms with Crippen molar-refractivity contribution in [2.24, 2.45) is 0 Å². The average Bonchev–Trinajstić information content (AvgIpc) is 2.92. The number of halogens is 2. The van der Waals surface area contributed by atoms with Crippen LogP contribution in [-0.4, -0.2) is 20.9 Å². The van der Waals surface area contributed by atoms with Gasteiger partial charge in [-0.15, -0.1) is 16.2 Å². The Labute approximate surface area is 134 Å². The van der Waals surface area contributed by atoms with Gasteiger partial charge in [-0.05, 0) is 36.4 Å². The number of rotatable bonds is 6. The van der Waals surface area contributed by atoms with E-state index >= 15 is 0 Å². The normalized spacial score (nSPS) is 11.2. The summed E-state index contributed by atoms with van der Waals surface area (Å²) in [5.41, 5.74) is 2.00. The summed E-state index contributed by atoms with van der Waals surface area (Å²) >= 11 is 6.50. The zero-order valence-corrected chi connectivity index (χ0v) is 13.3. The van der Waals surface area contributed by atoms with E-state index in [9.17, 15) is 17.6 Å². The number of carbonyl (C=O) groups is 1. The fourth-order valence-electron chi connectivity index (χ4n) is 1.33. The SMILES string of the molecule is O=C(COc1ccc(F)cc1)NNS(=O)(=O)c1ccc(Cl)s1. The van der Waals surface area contributed by atoms with Crippen molar-refractivity contribution < 1.29 is 22.3 Å². The van der Waals surface area contributed by atoms with Crippen LogP contribution in [0.5, 0.6) is 5.75 Å². The molecule has 0 saturated heterocycles. The summed E-state index contributed by atoms with van der Waals surface area (Å²) in [6.45, 7) is -0.431. The van der Waals surface area contributed by atoms with Gasteiger partial charge in [0.2, 0.25) is 0 Å². The second-order valence-corrected chi connectivity index (χ2v) is 7.58. The van der Waals surface area contributed by atoms with Crippen molar-refractivity contribution in [2.75, 3.05) is 6.61 Å². The quantitative estimate of drug-likeness (QED) is 0.767. The molecule has 2 N–H and O–H groups in total. The monoisotopic (exact) mass is 364 g/mol. The number of sulfonamides is 1. The lowest BCUT2D eigenvalue weighted by molar-refractivity contribution is -0.123. The number of benzene rings is 1. The molecule has 0 aliphatic carbocycles. The highest BCUT2D eigenvalue weighted by Gasteiger charge is 2.17. The van der Waals surface area contributed by atoms with Crippen LogP contribution in [0.4, 0.5) is 4.39 Å². The van der Waals surface area contributed by atoms with Gasteiger partial charge in [0.1, 0.15) is 15.8 Å². The predicted octanol–water partition coefficient (Wildman–Crippen LogP) is 1.93. The molecule has 1 amide bonds. The first-order valence-electron chi connectivity index (χ1n) is 5.81. The van der Waals surface area contributed by atoms with Gasteiger partial charge in [-0.25, -0.2) is 12.8 Å². The van der Waals surface area contributed by atoms with E-state index in [1.807, 2.05) is 10.3 Å². The lowest BCUT2D eigenvalue weighted by Crippen LogP contribution is -2.43. The first-order valence-corrected chi connectivity index (χ1v) is 8.49. The smallest absolute Gasteiger partial charge is 0.272 e. The zero-order valence-electron chi connectivity index (χ0n) is 10.9. The Bertz CT molecular complexity index is 762. The number of hydrazine groups is 1. The molecule has 0 spiro atoms. The average molecular weight is 365 g/mol. The van der Waals surface area contributed by atoms with Gasteiger partial charge in [-0.3, -0.25) is 10.2 Å². The summed E-state index contributed by atoms with van der Waals surface area (Å²) in [6.07, 6.45) is 0. The van der Waals surface area contributed by atoms with E-state index < -0.39 is 28.4 Å². The summed E-state index contributed by atoms with van der Waals surface area (Å²) in [5, 5.41) is 0. The second kappa shape index (κ2) is 7.05. The van der Waals surface area contributed by atoms with Crippen molar-refractivity contribution in [2.45, 2.75) is 4.21 Å². The van der Waals surface area contributed by atoms with Crippen LogP contribution in [0.3, 0.4) is 0 Å². The van der Waals surface area contributed by atoms with Gasteiger partial charge < -0.3 is 4.74 Å². The molecule has 22 heavy (non-hydrogen) atoms. The molecule has 1 heterocycles. The molecule has 0 unspecified atom stereocenters. The van der Waals surface area contributed by atoms with Gasteiger partial charge in [-0.1, -0.05) is 11.6 Å². The molecule has 10 heteroatoms. The van der Waals surface area contributed by atoms with E-state index in [4.69, 9.17) is 16.3 Å². The Morgan fingerprint density at radius 2 is 1.91 bits per heavy atom. The molecule has 1 aromatic carbocycles. The highest BCUT2D eigenvalue weighted by atomic mass is 35.5. The van der Waals surface area contributed by atoms with Crippen LogP contribution in [0.1, 0.15) is 0 Å². The van der Waals surface area contributed by atoms with Gasteiger partial charge >= 0.3 is 0 Å². The van der Waals surface area contributed by atoms with Crippen LogP contribution >= 0.6 is 22.9 Å². The number of thiophene rings is 1. The minimum Gasteiger partial charge on any atom is -0.484 e. The standard InChI is InChI=1S/C12H10ClFN2O4S2/c13-10-5-6-12(21-10)22(18,19)16-15-11(17)7-20-9-3-1-8(14)2-4-9/h1-6,16H,7H2,(H,15,17). The fraction of sp³-hybridized carbons (Fsp3) is 0.0833. The van der Waals surface area contributed by atoms with Crippen LogP contribution in [0.2, 0.25) is 4.34 Å². The molecule has 2 aromatic rings. The Morgan fingerprint density at radius 1 is 1.23 bits per heavy atom. The van der Waals surface area contributed by atoms with Gasteiger partial charge in [0.05, 0.1) is 4.34 Å². The van der Waals surface area contributed by atoms with Crippen LogP contribution in [0.15, 0.2) is 40.6 Å². The van der Waals surface area contributed by atoms with Crippen molar-refractivity contribution in [3.63, 3.8) is 0 Å². The topological polar surface area (TPSA) is 84.5 Å². The number of amides is 1. The van der Waals surface area contributed by atoms with Crippen molar-refractivity contribution in [1.82, 2.24) is 10.3 Å². The number of hydrogen-bond acceptors (Lipinski definition) is 5. The summed E-state index contributed by atoms with van der Waals surface area (Å²) in [6, 6.07) is 7.80. The molecule has 1 aromatic heterocycles. The van der Waals surface area contributed by atoms with E-state index in [0.717, 1.165) is 11.3 Å². The van der Waals surface area contributed by atoms with E-state index in [-0.39, 0.29) is 9.96 Å². The number of hydrogen-bond donors (Lipinski definition) is 2. The molecule has 0 saturated carbocycles. The third-order valence-corrected chi connectivity index (χ3v) is 5.29. The van der Waals surface area contributed by atoms with Crippen LogP contribution in [0, 0.1) is 5.82 Å². The van der Waals surface area contributed by atoms with Crippen LogP contribution in [-0.2, 0) is 14.8 Å². The van der Waals surface area contributed by atoms with Crippen molar-refractivity contribution in [3.8, 4) is 5.75 Å². The zero-order chi connectivity index (χ0) is 16.2. The molecular weight excluding hydrogens is 355 g/mol. The highest BCUT2D eigenvalue weighted by Crippen LogP contribution is 2.24. The van der Waals surface area contributed by atoms with Crippen LogP contribution < -0.4 is 15.0 Å². The Balaban J connectivity index is 1.83. The van der Waals surface area contributed by atoms with Gasteiger partial charge in [-0.2, -0.15) is 0 Å². The van der Waals surface area contributed by atoms with Gasteiger partial charge in [0, 0.05) is 0 Å². The molecule has 0 aliphatic rings. The third-order valence-electron chi connectivity index (χ3n) is 2.32. The van der Waals surface area contributed by atoms with E-state index in [1.165, 1.54) is 36.4 Å². The molecular formula is C12H10ClFN2O4S2. The maximum Gasteiger partial charge on any atom is 0.272 e. The highest BCUT2D eigenvalue weighted by molar-refractivity contribution is 7.91. The second-order valence-electron chi connectivity index (χ2n) is 3.95. The van der Waals surface area contributed by atoms with Crippen molar-refractivity contribution in [3.05, 3.63) is 46.6 Å². The van der Waals surface area contributed by atoms with Crippen LogP contribution in [0.25, 0.3) is 0 Å². The molecule has 0 aliphatic heterocycles. The van der Waals surface area contributed by atoms with E-state index in [2.05, 4.69) is 0 Å². The number of carbonyl (C=O) groups excluding carboxylic acids is 1. The maximum absolute atomic E-state index is 12.7. The molecule has 0 fully saturated rings. The fourth-order valence-corrected chi connectivity index (χ4v) is 3.68. The molecule has 2 rings (SSSR count). The summed E-state index contributed by atoms with van der Waals surface area (Å²) in [4.78, 5) is 13.4. The molecule has 0 atom stereocenters. The maximum atomic E-state index is 12.7. The van der Waals surface area contributed by atoms with Crippen molar-refractivity contribution >= 4 is 38.9 Å². The van der Waals surface area contributed by atoms with Gasteiger partial charge in [0.25, 0.3) is 15.9 Å². The lowest BCUT2D eigenvalue weighted by atomic mass is 10.3. The predicted molar refractivity (Wildman–Crippen MR) is 79.7 cm³/mol. The Hall–Kier alpha value is -1.68. The minimum absolute atomic E-state index is 0.0303. The molecule has 0 radical (unpaired) electrons. The lowest BCUT2D eigenvalue weighted by Gasteiger charge is -2.08. The van der Waals surface area contributed by atoms with Crippen molar-refractivity contribution in [1.29, 1.82) is 0 Å². The summed E-state index contributed by atoms with van der Waals surface area (Å²) in [5.74, 6) is -0.862. The first-order chi connectivity index (χ1) is 10.4.